The van der Waals surface area contributed by atoms with Gasteiger partial charge < -0.3 is 15.4 Å². The molecule has 1 amide bonds. The van der Waals surface area contributed by atoms with Gasteiger partial charge in [0.15, 0.2) is 0 Å². The van der Waals surface area contributed by atoms with E-state index in [2.05, 4.69) is 20.5 Å². The summed E-state index contributed by atoms with van der Waals surface area (Å²) in [6.45, 7) is 2.50. The van der Waals surface area contributed by atoms with Crippen molar-refractivity contribution in [2.24, 2.45) is 0 Å². The normalized spacial score (nSPS) is 15.8. The molecule has 0 radical (unpaired) electrons. The van der Waals surface area contributed by atoms with Crippen molar-refractivity contribution in [2.45, 2.75) is 12.3 Å². The summed E-state index contributed by atoms with van der Waals surface area (Å²) < 4.78 is 44.6. The monoisotopic (exact) mass is 462 g/mol. The molecule has 6 nitrogen and oxygen atoms in total. The lowest BCUT2D eigenvalue weighted by Crippen LogP contribution is -2.46. The first-order chi connectivity index (χ1) is 15.4. The zero-order valence-electron chi connectivity index (χ0n) is 16.9. The molecule has 1 atom stereocenters. The molecular formula is C22H21F3N4O2S. The van der Waals surface area contributed by atoms with E-state index in [1.165, 1.54) is 29.7 Å². The molecule has 2 aromatic heterocycles. The van der Waals surface area contributed by atoms with Crippen LogP contribution in [-0.2, 0) is 10.9 Å². The highest BCUT2D eigenvalue weighted by Crippen LogP contribution is 2.32. The number of hydrogen-bond acceptors (Lipinski definition) is 6. The number of alkyl halides is 3. The Morgan fingerprint density at radius 1 is 1.12 bits per heavy atom. The number of rotatable bonds is 6. The van der Waals surface area contributed by atoms with Crippen LogP contribution in [0.5, 0.6) is 0 Å². The Hall–Kier alpha value is -2.95. The number of nitrogens with zero attached hydrogens (tertiary/aromatic N) is 2. The minimum absolute atomic E-state index is 0.177. The second kappa shape index (κ2) is 9.68. The summed E-state index contributed by atoms with van der Waals surface area (Å²) in [7, 11) is 0. The van der Waals surface area contributed by atoms with Gasteiger partial charge >= 0.3 is 6.18 Å². The Kier molecular flexibility index (Phi) is 6.73. The number of thiophene rings is 1. The standard InChI is InChI=1S/C22H21F3N4O2S/c23-22(24,25)15-4-1-5-16(14-15)27-19-17(6-2-8-26-19)21(30)28-20(18-7-3-13-32-18)29-9-11-31-12-10-29/h1-8,13-14,20H,9-12H2,(H,26,27)(H,28,30). The van der Waals surface area contributed by atoms with Crippen molar-refractivity contribution >= 4 is 28.7 Å². The summed E-state index contributed by atoms with van der Waals surface area (Å²) in [5, 5.41) is 7.84. The van der Waals surface area contributed by atoms with Gasteiger partial charge in [-0.2, -0.15) is 13.2 Å². The van der Waals surface area contributed by atoms with E-state index >= 15 is 0 Å². The van der Waals surface area contributed by atoms with Crippen molar-refractivity contribution in [3.05, 3.63) is 76.1 Å². The van der Waals surface area contributed by atoms with Crippen molar-refractivity contribution in [1.29, 1.82) is 0 Å². The van der Waals surface area contributed by atoms with Crippen LogP contribution in [-0.4, -0.2) is 42.1 Å². The van der Waals surface area contributed by atoms with E-state index in [1.807, 2.05) is 17.5 Å². The summed E-state index contributed by atoms with van der Waals surface area (Å²) in [5.74, 6) is -0.200. The van der Waals surface area contributed by atoms with Crippen molar-refractivity contribution in [2.75, 3.05) is 31.6 Å². The third kappa shape index (κ3) is 5.26. The molecule has 1 aliphatic heterocycles. The van der Waals surface area contributed by atoms with Gasteiger partial charge in [-0.1, -0.05) is 12.1 Å². The van der Waals surface area contributed by atoms with Gasteiger partial charge in [0, 0.05) is 29.9 Å². The summed E-state index contributed by atoms with van der Waals surface area (Å²) >= 11 is 1.54. The molecule has 0 bridgehead atoms. The Labute approximate surface area is 187 Å². The van der Waals surface area contributed by atoms with Crippen LogP contribution in [0, 0.1) is 0 Å². The maximum atomic E-state index is 13.2. The van der Waals surface area contributed by atoms with Crippen molar-refractivity contribution in [1.82, 2.24) is 15.2 Å². The summed E-state index contributed by atoms with van der Waals surface area (Å²) in [4.78, 5) is 20.5. The van der Waals surface area contributed by atoms with Crippen LogP contribution in [0.1, 0.15) is 27.0 Å². The van der Waals surface area contributed by atoms with Gasteiger partial charge in [0.1, 0.15) is 12.0 Å². The average Bonchev–Trinajstić information content (AvgIpc) is 3.32. The highest BCUT2D eigenvalue weighted by Gasteiger charge is 2.31. The van der Waals surface area contributed by atoms with Crippen molar-refractivity contribution in [3.63, 3.8) is 0 Å². The van der Waals surface area contributed by atoms with Gasteiger partial charge in [0.05, 0.1) is 24.3 Å². The van der Waals surface area contributed by atoms with Gasteiger partial charge in [-0.15, -0.1) is 11.3 Å². The van der Waals surface area contributed by atoms with E-state index in [0.29, 0.717) is 26.3 Å². The summed E-state index contributed by atoms with van der Waals surface area (Å²) in [6.07, 6.45) is -3.33. The van der Waals surface area contributed by atoms with E-state index in [-0.39, 0.29) is 29.1 Å². The van der Waals surface area contributed by atoms with Crippen LogP contribution >= 0.6 is 11.3 Å². The number of hydrogen-bond donors (Lipinski definition) is 2. The van der Waals surface area contributed by atoms with Crippen LogP contribution in [0.2, 0.25) is 0 Å². The number of nitrogens with one attached hydrogen (secondary N) is 2. The zero-order chi connectivity index (χ0) is 22.6. The number of amides is 1. The molecule has 3 aromatic rings. The SMILES string of the molecule is O=C(NC(c1cccs1)N1CCOCC1)c1cccnc1Nc1cccc(C(F)(F)F)c1. The Balaban J connectivity index is 1.57. The van der Waals surface area contributed by atoms with Crippen molar-refractivity contribution < 1.29 is 22.7 Å². The second-order valence-electron chi connectivity index (χ2n) is 7.14. The number of benzene rings is 1. The molecule has 1 fully saturated rings. The zero-order valence-corrected chi connectivity index (χ0v) is 17.7. The first-order valence-electron chi connectivity index (χ1n) is 9.97. The molecule has 168 valence electrons. The number of carbonyl (C=O) groups excluding carboxylic acids is 1. The number of pyridine rings is 1. The first-order valence-corrected chi connectivity index (χ1v) is 10.8. The predicted molar refractivity (Wildman–Crippen MR) is 116 cm³/mol. The Morgan fingerprint density at radius 2 is 1.94 bits per heavy atom. The lowest BCUT2D eigenvalue weighted by molar-refractivity contribution is -0.137. The molecular weight excluding hydrogens is 441 g/mol. The molecule has 3 heterocycles. The van der Waals surface area contributed by atoms with Crippen LogP contribution in [0.15, 0.2) is 60.1 Å². The predicted octanol–water partition coefficient (Wildman–Crippen LogP) is 4.67. The maximum absolute atomic E-state index is 13.2. The maximum Gasteiger partial charge on any atom is 0.416 e. The minimum Gasteiger partial charge on any atom is -0.379 e. The number of aromatic nitrogens is 1. The molecule has 1 unspecified atom stereocenters. The largest absolute Gasteiger partial charge is 0.416 e. The first kappa shape index (κ1) is 22.3. The highest BCUT2D eigenvalue weighted by molar-refractivity contribution is 7.10. The third-order valence-corrected chi connectivity index (χ3v) is 5.92. The second-order valence-corrected chi connectivity index (χ2v) is 8.12. The van der Waals surface area contributed by atoms with Crippen LogP contribution < -0.4 is 10.6 Å². The van der Waals surface area contributed by atoms with E-state index in [4.69, 9.17) is 4.74 Å². The number of morpholine rings is 1. The molecule has 1 aliphatic rings. The van der Waals surface area contributed by atoms with Crippen molar-refractivity contribution in [3.8, 4) is 0 Å². The van der Waals surface area contributed by atoms with E-state index in [9.17, 15) is 18.0 Å². The van der Waals surface area contributed by atoms with Crippen LogP contribution in [0.4, 0.5) is 24.7 Å². The highest BCUT2D eigenvalue weighted by atomic mass is 32.1. The lowest BCUT2D eigenvalue weighted by Gasteiger charge is -2.34. The molecule has 0 aliphatic carbocycles. The van der Waals surface area contributed by atoms with Crippen LogP contribution in [0.3, 0.4) is 0 Å². The number of ether oxygens (including phenoxy) is 1. The number of anilines is 2. The summed E-state index contributed by atoms with van der Waals surface area (Å²) in [6, 6.07) is 11.8. The quantitative estimate of drug-likeness (QED) is 0.558. The lowest BCUT2D eigenvalue weighted by atomic mass is 10.1. The van der Waals surface area contributed by atoms with Gasteiger partial charge in [-0.3, -0.25) is 9.69 Å². The summed E-state index contributed by atoms with van der Waals surface area (Å²) in [5.41, 5.74) is -0.357. The van der Waals surface area contributed by atoms with E-state index in [1.54, 1.807) is 12.1 Å². The smallest absolute Gasteiger partial charge is 0.379 e. The molecule has 32 heavy (non-hydrogen) atoms. The van der Waals surface area contributed by atoms with Gasteiger partial charge in [0.25, 0.3) is 5.91 Å². The molecule has 1 saturated heterocycles. The van der Waals surface area contributed by atoms with Gasteiger partial charge in [0.2, 0.25) is 0 Å². The van der Waals surface area contributed by atoms with E-state index in [0.717, 1.165) is 17.0 Å². The number of carbonyl (C=O) groups is 1. The average molecular weight is 462 g/mol. The molecule has 0 spiro atoms. The molecule has 0 saturated carbocycles. The minimum atomic E-state index is -4.46. The van der Waals surface area contributed by atoms with Gasteiger partial charge in [-0.05, 0) is 41.8 Å². The fourth-order valence-electron chi connectivity index (χ4n) is 3.42. The van der Waals surface area contributed by atoms with E-state index < -0.39 is 11.7 Å². The Morgan fingerprint density at radius 3 is 2.66 bits per heavy atom. The van der Waals surface area contributed by atoms with Crippen LogP contribution in [0.25, 0.3) is 0 Å². The molecule has 2 N–H and O–H groups in total. The molecule has 10 heteroatoms. The molecule has 4 rings (SSSR count). The third-order valence-electron chi connectivity index (χ3n) is 5.00. The fourth-order valence-corrected chi connectivity index (χ4v) is 4.23. The topological polar surface area (TPSA) is 66.5 Å². The molecule has 1 aromatic carbocycles. The number of halogens is 3. The Bertz CT molecular complexity index is 1050. The van der Waals surface area contributed by atoms with Gasteiger partial charge in [-0.25, -0.2) is 4.98 Å². The fraction of sp³-hybridized carbons (Fsp3) is 0.273.